The standard InChI is InChI=1S/C19H24ClN3O2/c1-12(2)18-17(19(24)22-10-14(4)25-11-13(22)3)9-21-23(18)16-7-5-6-15(20)8-16/h5-9,12-14H,10-11H2,1-4H3. The molecule has 1 aromatic heterocycles. The van der Waals surface area contributed by atoms with Crippen molar-refractivity contribution >= 4 is 17.5 Å². The van der Waals surface area contributed by atoms with Gasteiger partial charge in [0.1, 0.15) is 0 Å². The van der Waals surface area contributed by atoms with Crippen molar-refractivity contribution in [2.45, 2.75) is 45.8 Å². The first kappa shape index (κ1) is 18.0. The Labute approximate surface area is 153 Å². The molecule has 2 atom stereocenters. The summed E-state index contributed by atoms with van der Waals surface area (Å²) in [6, 6.07) is 7.56. The fourth-order valence-corrected chi connectivity index (χ4v) is 3.42. The van der Waals surface area contributed by atoms with E-state index in [0.29, 0.717) is 23.7 Å². The Morgan fingerprint density at radius 1 is 1.36 bits per heavy atom. The summed E-state index contributed by atoms with van der Waals surface area (Å²) >= 11 is 6.12. The minimum absolute atomic E-state index is 0.0135. The lowest BCUT2D eigenvalue weighted by Gasteiger charge is -2.36. The molecule has 1 aliphatic heterocycles. The van der Waals surface area contributed by atoms with Gasteiger partial charge in [0.25, 0.3) is 5.91 Å². The number of halogens is 1. The Kier molecular flexibility index (Phi) is 5.16. The van der Waals surface area contributed by atoms with Gasteiger partial charge in [-0.25, -0.2) is 4.68 Å². The highest BCUT2D eigenvalue weighted by atomic mass is 35.5. The molecule has 2 unspecified atom stereocenters. The predicted octanol–water partition coefficient (Wildman–Crippen LogP) is 3.90. The van der Waals surface area contributed by atoms with Gasteiger partial charge in [-0.05, 0) is 38.0 Å². The lowest BCUT2D eigenvalue weighted by Crippen LogP contribution is -2.50. The molecule has 0 bridgehead atoms. The maximum Gasteiger partial charge on any atom is 0.257 e. The Balaban J connectivity index is 2.01. The van der Waals surface area contributed by atoms with Gasteiger partial charge in [-0.3, -0.25) is 4.79 Å². The lowest BCUT2D eigenvalue weighted by molar-refractivity contribution is -0.0387. The van der Waals surface area contributed by atoms with Crippen LogP contribution in [0.2, 0.25) is 5.02 Å². The van der Waals surface area contributed by atoms with E-state index >= 15 is 0 Å². The Morgan fingerprint density at radius 2 is 2.12 bits per heavy atom. The van der Waals surface area contributed by atoms with Crippen LogP contribution in [0.1, 0.15) is 49.7 Å². The van der Waals surface area contributed by atoms with E-state index in [-0.39, 0.29) is 24.0 Å². The number of carbonyl (C=O) groups excluding carboxylic acids is 1. The molecule has 1 saturated heterocycles. The maximum absolute atomic E-state index is 13.2. The summed E-state index contributed by atoms with van der Waals surface area (Å²) in [6.45, 7) is 9.30. The smallest absolute Gasteiger partial charge is 0.257 e. The van der Waals surface area contributed by atoms with E-state index in [0.717, 1.165) is 11.4 Å². The van der Waals surface area contributed by atoms with Gasteiger partial charge in [-0.1, -0.05) is 31.5 Å². The first-order valence-corrected chi connectivity index (χ1v) is 9.02. The normalized spacial score (nSPS) is 21.0. The van der Waals surface area contributed by atoms with Gasteiger partial charge in [0.15, 0.2) is 0 Å². The van der Waals surface area contributed by atoms with Crippen molar-refractivity contribution in [2.75, 3.05) is 13.2 Å². The molecule has 1 fully saturated rings. The highest BCUT2D eigenvalue weighted by Crippen LogP contribution is 2.26. The van der Waals surface area contributed by atoms with Gasteiger partial charge < -0.3 is 9.64 Å². The largest absolute Gasteiger partial charge is 0.375 e. The van der Waals surface area contributed by atoms with Crippen LogP contribution in [-0.2, 0) is 4.74 Å². The summed E-state index contributed by atoms with van der Waals surface area (Å²) < 4.78 is 7.46. The van der Waals surface area contributed by atoms with Crippen molar-refractivity contribution in [3.63, 3.8) is 0 Å². The van der Waals surface area contributed by atoms with Gasteiger partial charge >= 0.3 is 0 Å². The lowest BCUT2D eigenvalue weighted by atomic mass is 10.0. The van der Waals surface area contributed by atoms with E-state index in [1.54, 1.807) is 6.20 Å². The second kappa shape index (κ2) is 7.18. The maximum atomic E-state index is 13.2. The second-order valence-corrected chi connectivity index (χ2v) is 7.38. The van der Waals surface area contributed by atoms with Gasteiger partial charge in [0.05, 0.1) is 41.9 Å². The number of rotatable bonds is 3. The number of amides is 1. The Bertz CT molecular complexity index is 772. The van der Waals surface area contributed by atoms with Crippen molar-refractivity contribution in [2.24, 2.45) is 0 Å². The van der Waals surface area contributed by atoms with Gasteiger partial charge in [0, 0.05) is 11.6 Å². The van der Waals surface area contributed by atoms with Gasteiger partial charge in [0.2, 0.25) is 0 Å². The molecule has 6 heteroatoms. The van der Waals surface area contributed by atoms with E-state index in [1.165, 1.54) is 0 Å². The quantitative estimate of drug-likeness (QED) is 0.833. The van der Waals surface area contributed by atoms with Crippen LogP contribution in [0.15, 0.2) is 30.5 Å². The fourth-order valence-electron chi connectivity index (χ4n) is 3.23. The molecule has 0 aliphatic carbocycles. The van der Waals surface area contributed by atoms with Crippen molar-refractivity contribution < 1.29 is 9.53 Å². The highest BCUT2D eigenvalue weighted by molar-refractivity contribution is 6.30. The summed E-state index contributed by atoms with van der Waals surface area (Å²) in [5.74, 6) is 0.161. The average molecular weight is 362 g/mol. The zero-order valence-corrected chi connectivity index (χ0v) is 15.8. The predicted molar refractivity (Wildman–Crippen MR) is 98.6 cm³/mol. The molecule has 2 heterocycles. The van der Waals surface area contributed by atoms with E-state index in [2.05, 4.69) is 18.9 Å². The number of carbonyl (C=O) groups is 1. The fraction of sp³-hybridized carbons (Fsp3) is 0.474. The van der Waals surface area contributed by atoms with Crippen LogP contribution in [0.5, 0.6) is 0 Å². The van der Waals surface area contributed by atoms with E-state index in [9.17, 15) is 4.79 Å². The summed E-state index contributed by atoms with van der Waals surface area (Å²) in [7, 11) is 0. The van der Waals surface area contributed by atoms with Crippen LogP contribution in [0, 0.1) is 0 Å². The summed E-state index contributed by atoms with van der Waals surface area (Å²) in [4.78, 5) is 15.1. The molecule has 0 N–H and O–H groups in total. The third-order valence-electron chi connectivity index (χ3n) is 4.51. The minimum atomic E-state index is 0.0135. The van der Waals surface area contributed by atoms with E-state index in [1.807, 2.05) is 47.7 Å². The number of hydrogen-bond acceptors (Lipinski definition) is 3. The molecule has 0 spiro atoms. The van der Waals surface area contributed by atoms with Crippen LogP contribution >= 0.6 is 11.6 Å². The monoisotopic (exact) mass is 361 g/mol. The Hall–Kier alpha value is -1.85. The summed E-state index contributed by atoms with van der Waals surface area (Å²) in [5, 5.41) is 5.13. The van der Waals surface area contributed by atoms with Crippen LogP contribution in [-0.4, -0.2) is 45.9 Å². The van der Waals surface area contributed by atoms with Gasteiger partial charge in [-0.2, -0.15) is 5.10 Å². The molecular formula is C19H24ClN3O2. The second-order valence-electron chi connectivity index (χ2n) is 6.94. The molecule has 1 aromatic carbocycles. The number of hydrogen-bond donors (Lipinski definition) is 0. The zero-order chi connectivity index (χ0) is 18.1. The molecule has 2 aromatic rings. The molecule has 0 radical (unpaired) electrons. The molecule has 5 nitrogen and oxygen atoms in total. The van der Waals surface area contributed by atoms with E-state index < -0.39 is 0 Å². The number of ether oxygens (including phenoxy) is 1. The highest BCUT2D eigenvalue weighted by Gasteiger charge is 2.31. The van der Waals surface area contributed by atoms with Gasteiger partial charge in [-0.15, -0.1) is 0 Å². The van der Waals surface area contributed by atoms with Crippen LogP contribution in [0.3, 0.4) is 0 Å². The van der Waals surface area contributed by atoms with E-state index in [4.69, 9.17) is 16.3 Å². The zero-order valence-electron chi connectivity index (χ0n) is 15.1. The van der Waals surface area contributed by atoms with Crippen LogP contribution in [0.4, 0.5) is 0 Å². The van der Waals surface area contributed by atoms with Crippen LogP contribution in [0.25, 0.3) is 5.69 Å². The molecule has 1 aliphatic rings. The molecular weight excluding hydrogens is 338 g/mol. The van der Waals surface area contributed by atoms with Crippen molar-refractivity contribution in [3.05, 3.63) is 46.7 Å². The Morgan fingerprint density at radius 3 is 2.80 bits per heavy atom. The number of aromatic nitrogens is 2. The molecule has 3 rings (SSSR count). The van der Waals surface area contributed by atoms with Crippen molar-refractivity contribution in [1.29, 1.82) is 0 Å². The molecule has 0 saturated carbocycles. The SMILES string of the molecule is CC1CN(C(=O)c2cnn(-c3cccc(Cl)c3)c2C(C)C)C(C)CO1. The first-order chi connectivity index (χ1) is 11.9. The molecule has 134 valence electrons. The summed E-state index contributed by atoms with van der Waals surface area (Å²) in [5.41, 5.74) is 2.41. The van der Waals surface area contributed by atoms with Crippen LogP contribution < -0.4 is 0 Å². The van der Waals surface area contributed by atoms with Crippen molar-refractivity contribution in [3.8, 4) is 5.69 Å². The number of nitrogens with zero attached hydrogens (tertiary/aromatic N) is 3. The average Bonchev–Trinajstić information content (AvgIpc) is 3.01. The third-order valence-corrected chi connectivity index (χ3v) is 4.74. The topological polar surface area (TPSA) is 47.4 Å². The van der Waals surface area contributed by atoms with Crippen molar-refractivity contribution in [1.82, 2.24) is 14.7 Å². The number of morpholine rings is 1. The number of benzene rings is 1. The molecule has 1 amide bonds. The molecule has 25 heavy (non-hydrogen) atoms. The first-order valence-electron chi connectivity index (χ1n) is 8.65. The third kappa shape index (κ3) is 3.58. The minimum Gasteiger partial charge on any atom is -0.375 e. The summed E-state index contributed by atoms with van der Waals surface area (Å²) in [6.07, 6.45) is 1.72.